The first kappa shape index (κ1) is 17.8. The average molecular weight is 349 g/mol. The van der Waals surface area contributed by atoms with Crippen molar-refractivity contribution in [2.45, 2.75) is 18.7 Å². The number of rotatable bonds is 5. The van der Waals surface area contributed by atoms with Crippen LogP contribution >= 0.6 is 0 Å². The minimum atomic E-state index is -3.79. The lowest BCUT2D eigenvalue weighted by atomic mass is 10.1. The quantitative estimate of drug-likeness (QED) is 0.840. The van der Waals surface area contributed by atoms with E-state index in [1.54, 1.807) is 32.0 Å². The van der Waals surface area contributed by atoms with E-state index in [0.717, 1.165) is 0 Å². The molecule has 24 heavy (non-hydrogen) atoms. The molecule has 1 N–H and O–H groups in total. The number of anilines is 1. The summed E-state index contributed by atoms with van der Waals surface area (Å²) in [7, 11) is -0.996. The Morgan fingerprint density at radius 2 is 1.71 bits per heavy atom. The van der Waals surface area contributed by atoms with Crippen molar-refractivity contribution in [1.29, 1.82) is 0 Å². The number of nitrogens with one attached hydrogen (secondary N) is 1. The van der Waals surface area contributed by atoms with Crippen molar-refractivity contribution >= 4 is 21.7 Å². The van der Waals surface area contributed by atoms with Crippen LogP contribution in [0.1, 0.15) is 21.5 Å². The van der Waals surface area contributed by atoms with Gasteiger partial charge in [-0.1, -0.05) is 6.07 Å². The minimum Gasteiger partial charge on any atom is -0.496 e. The molecule has 0 aromatic heterocycles. The predicted molar refractivity (Wildman–Crippen MR) is 91.1 cm³/mol. The van der Waals surface area contributed by atoms with Crippen molar-refractivity contribution in [2.75, 3.05) is 18.9 Å². The summed E-state index contributed by atoms with van der Waals surface area (Å²) in [6.07, 6.45) is 0. The maximum Gasteiger partial charge on any atom is 0.337 e. The van der Waals surface area contributed by atoms with E-state index in [1.165, 1.54) is 32.4 Å². The molecule has 0 saturated heterocycles. The zero-order valence-corrected chi connectivity index (χ0v) is 14.7. The van der Waals surface area contributed by atoms with Gasteiger partial charge in [0, 0.05) is 0 Å². The summed E-state index contributed by atoms with van der Waals surface area (Å²) >= 11 is 0. The van der Waals surface area contributed by atoms with Crippen molar-refractivity contribution in [3.8, 4) is 5.75 Å². The average Bonchev–Trinajstić information content (AvgIpc) is 2.55. The van der Waals surface area contributed by atoms with Crippen LogP contribution in [0.25, 0.3) is 0 Å². The van der Waals surface area contributed by atoms with Crippen molar-refractivity contribution in [3.63, 3.8) is 0 Å². The van der Waals surface area contributed by atoms with Crippen molar-refractivity contribution in [2.24, 2.45) is 0 Å². The summed E-state index contributed by atoms with van der Waals surface area (Å²) in [5.74, 6) is 0.0774. The smallest absolute Gasteiger partial charge is 0.337 e. The summed E-state index contributed by atoms with van der Waals surface area (Å²) in [6.45, 7) is 3.51. The first-order valence-electron chi connectivity index (χ1n) is 7.15. The van der Waals surface area contributed by atoms with Gasteiger partial charge in [-0.15, -0.1) is 0 Å². The van der Waals surface area contributed by atoms with E-state index in [4.69, 9.17) is 4.74 Å². The fraction of sp³-hybridized carbons (Fsp3) is 0.235. The molecule has 7 heteroatoms. The van der Waals surface area contributed by atoms with Gasteiger partial charge in [-0.2, -0.15) is 0 Å². The second-order valence-electron chi connectivity index (χ2n) is 5.26. The summed E-state index contributed by atoms with van der Waals surface area (Å²) < 4.78 is 37.5. The maximum atomic E-state index is 12.6. The second kappa shape index (κ2) is 6.92. The number of sulfonamides is 1. The van der Waals surface area contributed by atoms with E-state index in [0.29, 0.717) is 22.6 Å². The Kier molecular flexibility index (Phi) is 5.14. The van der Waals surface area contributed by atoms with Crippen LogP contribution in [-0.4, -0.2) is 28.6 Å². The van der Waals surface area contributed by atoms with Gasteiger partial charge in [0.25, 0.3) is 10.0 Å². The highest BCUT2D eigenvalue weighted by atomic mass is 32.2. The third kappa shape index (κ3) is 3.68. The highest BCUT2D eigenvalue weighted by Crippen LogP contribution is 2.25. The molecular weight excluding hydrogens is 330 g/mol. The van der Waals surface area contributed by atoms with Gasteiger partial charge in [0.1, 0.15) is 5.75 Å². The normalized spacial score (nSPS) is 11.0. The van der Waals surface area contributed by atoms with E-state index in [1.807, 2.05) is 0 Å². The van der Waals surface area contributed by atoms with E-state index in [9.17, 15) is 13.2 Å². The number of hydrogen-bond donors (Lipinski definition) is 1. The largest absolute Gasteiger partial charge is 0.496 e. The monoisotopic (exact) mass is 349 g/mol. The van der Waals surface area contributed by atoms with E-state index in [-0.39, 0.29) is 10.5 Å². The molecule has 0 aliphatic carbocycles. The van der Waals surface area contributed by atoms with E-state index >= 15 is 0 Å². The molecule has 0 aliphatic rings. The molecule has 2 aromatic rings. The second-order valence-corrected chi connectivity index (χ2v) is 6.94. The number of benzene rings is 2. The molecule has 0 heterocycles. The lowest BCUT2D eigenvalue weighted by Crippen LogP contribution is -2.15. The SMILES string of the molecule is COC(=O)c1ccc(C)c(NS(=O)(=O)c2ccc(OC)c(C)c2)c1. The number of carbonyl (C=O) groups is 1. The van der Waals surface area contributed by atoms with Gasteiger partial charge < -0.3 is 9.47 Å². The molecule has 2 aromatic carbocycles. The molecule has 0 spiro atoms. The Hall–Kier alpha value is -2.54. The third-order valence-corrected chi connectivity index (χ3v) is 4.94. The van der Waals surface area contributed by atoms with Gasteiger partial charge in [0.05, 0.1) is 30.4 Å². The van der Waals surface area contributed by atoms with Gasteiger partial charge in [0.2, 0.25) is 0 Å². The number of carbonyl (C=O) groups excluding carboxylic acids is 1. The Morgan fingerprint density at radius 1 is 1.00 bits per heavy atom. The molecule has 0 bridgehead atoms. The summed E-state index contributed by atoms with van der Waals surface area (Å²) in [5.41, 5.74) is 2.00. The van der Waals surface area contributed by atoms with Gasteiger partial charge in [-0.25, -0.2) is 13.2 Å². The van der Waals surface area contributed by atoms with Crippen LogP contribution in [0.4, 0.5) is 5.69 Å². The van der Waals surface area contributed by atoms with Crippen LogP contribution in [0.3, 0.4) is 0 Å². The molecular formula is C17H19NO5S. The number of hydrogen-bond acceptors (Lipinski definition) is 5. The lowest BCUT2D eigenvalue weighted by molar-refractivity contribution is 0.0601. The molecule has 0 amide bonds. The maximum absolute atomic E-state index is 12.6. The molecule has 0 unspecified atom stereocenters. The van der Waals surface area contributed by atoms with Gasteiger partial charge >= 0.3 is 5.97 Å². The molecule has 0 radical (unpaired) electrons. The molecule has 6 nitrogen and oxygen atoms in total. The van der Waals surface area contributed by atoms with Crippen molar-refractivity contribution < 1.29 is 22.7 Å². The van der Waals surface area contributed by atoms with Gasteiger partial charge in [-0.05, 0) is 55.3 Å². The summed E-state index contributed by atoms with van der Waals surface area (Å²) in [6, 6.07) is 9.28. The lowest BCUT2D eigenvalue weighted by Gasteiger charge is -2.13. The predicted octanol–water partition coefficient (Wildman–Crippen LogP) is 2.90. The number of ether oxygens (including phenoxy) is 2. The summed E-state index contributed by atoms with van der Waals surface area (Å²) in [4.78, 5) is 11.7. The molecule has 0 fully saturated rings. The molecule has 2 rings (SSSR count). The van der Waals surface area contributed by atoms with Crippen molar-refractivity contribution in [1.82, 2.24) is 0 Å². The van der Waals surface area contributed by atoms with Gasteiger partial charge in [0.15, 0.2) is 0 Å². The molecule has 128 valence electrons. The first-order chi connectivity index (χ1) is 11.3. The van der Waals surface area contributed by atoms with Crippen LogP contribution < -0.4 is 9.46 Å². The third-order valence-electron chi connectivity index (χ3n) is 3.58. The topological polar surface area (TPSA) is 81.7 Å². The van der Waals surface area contributed by atoms with Crippen LogP contribution in [0.15, 0.2) is 41.3 Å². The molecule has 0 saturated carbocycles. The van der Waals surface area contributed by atoms with E-state index < -0.39 is 16.0 Å². The number of methoxy groups -OCH3 is 2. The van der Waals surface area contributed by atoms with Crippen LogP contribution in [0, 0.1) is 13.8 Å². The standard InChI is InChI=1S/C17H19NO5S/c1-11-5-6-13(17(19)23-4)10-15(11)18-24(20,21)14-7-8-16(22-3)12(2)9-14/h5-10,18H,1-4H3. The Morgan fingerprint density at radius 3 is 2.29 bits per heavy atom. The Labute approximate surface area is 141 Å². The van der Waals surface area contributed by atoms with Crippen LogP contribution in [0.2, 0.25) is 0 Å². The highest BCUT2D eigenvalue weighted by Gasteiger charge is 2.18. The summed E-state index contributed by atoms with van der Waals surface area (Å²) in [5, 5.41) is 0. The fourth-order valence-corrected chi connectivity index (χ4v) is 3.40. The minimum absolute atomic E-state index is 0.115. The highest BCUT2D eigenvalue weighted by molar-refractivity contribution is 7.92. The van der Waals surface area contributed by atoms with E-state index in [2.05, 4.69) is 9.46 Å². The zero-order valence-electron chi connectivity index (χ0n) is 13.9. The molecule has 0 atom stereocenters. The molecule has 0 aliphatic heterocycles. The van der Waals surface area contributed by atoms with Crippen LogP contribution in [0.5, 0.6) is 5.75 Å². The number of esters is 1. The van der Waals surface area contributed by atoms with Crippen molar-refractivity contribution in [3.05, 3.63) is 53.1 Å². The fourth-order valence-electron chi connectivity index (χ4n) is 2.20. The first-order valence-corrected chi connectivity index (χ1v) is 8.63. The Balaban J connectivity index is 2.39. The Bertz CT molecular complexity index is 875. The van der Waals surface area contributed by atoms with Crippen LogP contribution in [-0.2, 0) is 14.8 Å². The van der Waals surface area contributed by atoms with Gasteiger partial charge in [-0.3, -0.25) is 4.72 Å². The zero-order chi connectivity index (χ0) is 17.9. The number of aryl methyl sites for hydroxylation is 2.